The van der Waals surface area contributed by atoms with E-state index in [-0.39, 0.29) is 6.04 Å². The zero-order valence-corrected chi connectivity index (χ0v) is 12.4. The molecule has 0 aliphatic carbocycles. The van der Waals surface area contributed by atoms with Crippen molar-refractivity contribution in [2.75, 3.05) is 13.2 Å². The fraction of sp³-hybridized carbons (Fsp3) is 0.333. The molecule has 0 saturated carbocycles. The lowest BCUT2D eigenvalue weighted by Gasteiger charge is -2.20. The molecule has 1 unspecified atom stereocenters. The van der Waals surface area contributed by atoms with Crippen molar-refractivity contribution in [3.8, 4) is 5.75 Å². The number of hydrogen-bond acceptors (Lipinski definition) is 3. The highest BCUT2D eigenvalue weighted by Gasteiger charge is 2.24. The second-order valence-electron chi connectivity index (χ2n) is 4.59. The van der Waals surface area contributed by atoms with Crippen LogP contribution in [0.4, 0.5) is 0 Å². The average Bonchev–Trinajstić information content (AvgIpc) is 3.05. The van der Waals surface area contributed by atoms with E-state index >= 15 is 0 Å². The molecule has 2 heterocycles. The smallest absolute Gasteiger partial charge is 0.127 e. The normalized spacial score (nSPS) is 15.1. The second kappa shape index (κ2) is 5.53. The van der Waals surface area contributed by atoms with Crippen LogP contribution >= 0.6 is 22.9 Å². The van der Waals surface area contributed by atoms with Gasteiger partial charge in [0.2, 0.25) is 0 Å². The van der Waals surface area contributed by atoms with Crippen LogP contribution in [0.5, 0.6) is 5.75 Å². The van der Waals surface area contributed by atoms with Gasteiger partial charge in [-0.25, -0.2) is 0 Å². The van der Waals surface area contributed by atoms with Crippen molar-refractivity contribution in [1.29, 1.82) is 0 Å². The summed E-state index contributed by atoms with van der Waals surface area (Å²) in [4.78, 5) is 1.29. The first-order valence-electron chi connectivity index (χ1n) is 6.51. The summed E-state index contributed by atoms with van der Waals surface area (Å²) in [6, 6.07) is 8.44. The maximum atomic E-state index is 6.25. The topological polar surface area (TPSA) is 21.3 Å². The molecule has 1 N–H and O–H groups in total. The number of ether oxygens (including phenoxy) is 1. The van der Waals surface area contributed by atoms with Gasteiger partial charge < -0.3 is 10.1 Å². The highest BCUT2D eigenvalue weighted by atomic mass is 35.5. The largest absolute Gasteiger partial charge is 0.493 e. The second-order valence-corrected chi connectivity index (χ2v) is 6.00. The van der Waals surface area contributed by atoms with Gasteiger partial charge in [-0.2, -0.15) is 0 Å². The third-order valence-corrected chi connectivity index (χ3v) is 4.48. The van der Waals surface area contributed by atoms with E-state index in [1.807, 2.05) is 12.1 Å². The van der Waals surface area contributed by atoms with Gasteiger partial charge in [0.1, 0.15) is 5.75 Å². The van der Waals surface area contributed by atoms with Crippen molar-refractivity contribution in [3.05, 3.63) is 50.7 Å². The third-order valence-electron chi connectivity index (χ3n) is 3.32. The summed E-state index contributed by atoms with van der Waals surface area (Å²) in [5, 5.41) is 6.42. The van der Waals surface area contributed by atoms with Crippen molar-refractivity contribution < 1.29 is 4.74 Å². The van der Waals surface area contributed by atoms with Gasteiger partial charge in [0, 0.05) is 21.9 Å². The molecule has 3 rings (SSSR count). The molecule has 1 aliphatic heterocycles. The number of nitrogens with one attached hydrogen (secondary N) is 1. The lowest BCUT2D eigenvalue weighted by molar-refractivity contribution is 0.351. The molecular formula is C15H16ClNOS. The molecule has 19 heavy (non-hydrogen) atoms. The minimum atomic E-state index is 0.163. The molecule has 2 aromatic rings. The van der Waals surface area contributed by atoms with E-state index in [1.165, 1.54) is 10.4 Å². The van der Waals surface area contributed by atoms with Crippen LogP contribution in [0.2, 0.25) is 5.02 Å². The maximum Gasteiger partial charge on any atom is 0.127 e. The first-order chi connectivity index (χ1) is 9.29. The fourth-order valence-corrected chi connectivity index (χ4v) is 3.60. The van der Waals surface area contributed by atoms with Gasteiger partial charge in [0.25, 0.3) is 0 Å². The lowest BCUT2D eigenvalue weighted by Crippen LogP contribution is -2.21. The van der Waals surface area contributed by atoms with Gasteiger partial charge in [-0.05, 0) is 35.7 Å². The van der Waals surface area contributed by atoms with Crippen LogP contribution in [0.15, 0.2) is 29.6 Å². The Morgan fingerprint density at radius 3 is 3.11 bits per heavy atom. The maximum absolute atomic E-state index is 6.25. The number of thiophene rings is 1. The number of halogens is 1. The Morgan fingerprint density at radius 2 is 2.37 bits per heavy atom. The average molecular weight is 294 g/mol. The molecule has 0 bridgehead atoms. The first-order valence-corrected chi connectivity index (χ1v) is 7.77. The Labute approximate surface area is 122 Å². The number of benzene rings is 1. The van der Waals surface area contributed by atoms with Gasteiger partial charge in [-0.3, -0.25) is 0 Å². The summed E-state index contributed by atoms with van der Waals surface area (Å²) >= 11 is 8.01. The van der Waals surface area contributed by atoms with E-state index in [2.05, 4.69) is 29.8 Å². The molecule has 1 atom stereocenters. The Hall–Kier alpha value is -1.03. The van der Waals surface area contributed by atoms with Crippen LogP contribution < -0.4 is 10.1 Å². The third kappa shape index (κ3) is 2.50. The summed E-state index contributed by atoms with van der Waals surface area (Å²) in [5.74, 6) is 1.02. The summed E-state index contributed by atoms with van der Waals surface area (Å²) < 4.78 is 5.82. The molecule has 1 aliphatic rings. The van der Waals surface area contributed by atoms with Crippen LogP contribution in [0, 0.1) is 0 Å². The molecule has 0 saturated heterocycles. The first kappa shape index (κ1) is 13.0. The number of fused-ring (bicyclic) bond motifs is 1. The van der Waals surface area contributed by atoms with Gasteiger partial charge in [-0.1, -0.05) is 24.6 Å². The number of hydrogen-bond donors (Lipinski definition) is 1. The van der Waals surface area contributed by atoms with Crippen molar-refractivity contribution >= 4 is 22.9 Å². The van der Waals surface area contributed by atoms with E-state index in [9.17, 15) is 0 Å². The van der Waals surface area contributed by atoms with Gasteiger partial charge in [0.15, 0.2) is 0 Å². The molecule has 1 aromatic heterocycles. The summed E-state index contributed by atoms with van der Waals surface area (Å²) in [7, 11) is 0. The summed E-state index contributed by atoms with van der Waals surface area (Å²) in [6.07, 6.45) is 0.951. The van der Waals surface area contributed by atoms with Crippen LogP contribution in [0.3, 0.4) is 0 Å². The van der Waals surface area contributed by atoms with Crippen molar-refractivity contribution in [2.24, 2.45) is 0 Å². The Morgan fingerprint density at radius 1 is 1.47 bits per heavy atom. The van der Waals surface area contributed by atoms with E-state index in [0.29, 0.717) is 0 Å². The molecule has 1 aromatic carbocycles. The lowest BCUT2D eigenvalue weighted by atomic mass is 10.0. The van der Waals surface area contributed by atoms with Crippen molar-refractivity contribution in [3.63, 3.8) is 0 Å². The molecule has 0 spiro atoms. The zero-order valence-electron chi connectivity index (χ0n) is 10.8. The summed E-state index contributed by atoms with van der Waals surface area (Å²) in [5.41, 5.74) is 2.38. The highest BCUT2D eigenvalue weighted by Crippen LogP contribution is 2.39. The molecule has 4 heteroatoms. The Bertz CT molecular complexity index is 568. The standard InChI is InChI=1S/C15H16ClNOS/c1-2-17-14(13-4-3-7-19-13)12-9-11(16)8-10-5-6-18-15(10)12/h3-4,7-9,14,17H,2,5-6H2,1H3. The monoisotopic (exact) mass is 293 g/mol. The molecule has 0 radical (unpaired) electrons. The minimum absolute atomic E-state index is 0.163. The van der Waals surface area contributed by atoms with E-state index < -0.39 is 0 Å². The highest BCUT2D eigenvalue weighted by molar-refractivity contribution is 7.10. The minimum Gasteiger partial charge on any atom is -0.493 e. The molecule has 100 valence electrons. The number of rotatable bonds is 4. The van der Waals surface area contributed by atoms with E-state index in [1.54, 1.807) is 11.3 Å². The van der Waals surface area contributed by atoms with Crippen LogP contribution in [-0.2, 0) is 6.42 Å². The predicted octanol–water partition coefficient (Wildman–Crippen LogP) is 4.04. The predicted molar refractivity (Wildman–Crippen MR) is 80.5 cm³/mol. The SMILES string of the molecule is CCNC(c1cccs1)c1cc(Cl)cc2c1OCC2. The van der Waals surface area contributed by atoms with Gasteiger partial charge in [-0.15, -0.1) is 11.3 Å². The molecular weight excluding hydrogens is 278 g/mol. The quantitative estimate of drug-likeness (QED) is 0.919. The van der Waals surface area contributed by atoms with E-state index in [4.69, 9.17) is 16.3 Å². The van der Waals surface area contributed by atoms with Gasteiger partial charge in [0.05, 0.1) is 12.6 Å². The van der Waals surface area contributed by atoms with Gasteiger partial charge >= 0.3 is 0 Å². The Kier molecular flexibility index (Phi) is 3.78. The summed E-state index contributed by atoms with van der Waals surface area (Å²) in [6.45, 7) is 3.78. The van der Waals surface area contributed by atoms with Crippen LogP contribution in [0.25, 0.3) is 0 Å². The van der Waals surface area contributed by atoms with Crippen LogP contribution in [-0.4, -0.2) is 13.2 Å². The van der Waals surface area contributed by atoms with Crippen molar-refractivity contribution in [1.82, 2.24) is 5.32 Å². The zero-order chi connectivity index (χ0) is 13.2. The molecule has 2 nitrogen and oxygen atoms in total. The molecule has 0 amide bonds. The van der Waals surface area contributed by atoms with E-state index in [0.717, 1.165) is 35.9 Å². The van der Waals surface area contributed by atoms with Crippen molar-refractivity contribution in [2.45, 2.75) is 19.4 Å². The molecule has 0 fully saturated rings. The fourth-order valence-electron chi connectivity index (χ4n) is 2.54. The Balaban J connectivity index is 2.08. The van der Waals surface area contributed by atoms with Crippen LogP contribution in [0.1, 0.15) is 29.0 Å².